The maximum absolute atomic E-state index is 12.9. The summed E-state index contributed by atoms with van der Waals surface area (Å²) in [5.41, 5.74) is 3.86. The summed E-state index contributed by atoms with van der Waals surface area (Å²) < 4.78 is 4.10. The van der Waals surface area contributed by atoms with E-state index in [2.05, 4.69) is 26.7 Å². The van der Waals surface area contributed by atoms with Gasteiger partial charge in [0.2, 0.25) is 0 Å². The molecule has 0 saturated carbocycles. The second-order valence-electron chi connectivity index (χ2n) is 6.84. The summed E-state index contributed by atoms with van der Waals surface area (Å²) in [5, 5.41) is 0.848. The SMILES string of the molecule is Cc1cc(C(=O)CSc2nccn2Cc2ccccc2)c(C)n1-c1ccccn1. The summed E-state index contributed by atoms with van der Waals surface area (Å²) in [5.74, 6) is 1.27. The van der Waals surface area contributed by atoms with Crippen molar-refractivity contribution in [3.8, 4) is 5.82 Å². The third kappa shape index (κ3) is 4.17. The van der Waals surface area contributed by atoms with E-state index in [-0.39, 0.29) is 5.78 Å². The Hall–Kier alpha value is -3.12. The molecule has 29 heavy (non-hydrogen) atoms. The van der Waals surface area contributed by atoms with Gasteiger partial charge in [0.15, 0.2) is 10.9 Å². The van der Waals surface area contributed by atoms with Gasteiger partial charge in [-0.1, -0.05) is 48.2 Å². The number of aryl methyl sites for hydroxylation is 1. The van der Waals surface area contributed by atoms with E-state index in [1.54, 1.807) is 12.4 Å². The van der Waals surface area contributed by atoms with E-state index in [1.807, 2.05) is 67.1 Å². The van der Waals surface area contributed by atoms with Gasteiger partial charge in [-0.3, -0.25) is 4.79 Å². The number of hydrogen-bond acceptors (Lipinski definition) is 4. The van der Waals surface area contributed by atoms with E-state index < -0.39 is 0 Å². The van der Waals surface area contributed by atoms with Gasteiger partial charge in [0.05, 0.1) is 5.75 Å². The van der Waals surface area contributed by atoms with Crippen LogP contribution in [0.2, 0.25) is 0 Å². The minimum absolute atomic E-state index is 0.0968. The largest absolute Gasteiger partial charge is 0.322 e. The fourth-order valence-electron chi connectivity index (χ4n) is 3.43. The van der Waals surface area contributed by atoms with Gasteiger partial charge in [-0.05, 0) is 37.6 Å². The van der Waals surface area contributed by atoms with E-state index in [0.29, 0.717) is 5.75 Å². The quantitative estimate of drug-likeness (QED) is 0.332. The molecule has 0 radical (unpaired) electrons. The van der Waals surface area contributed by atoms with Crippen LogP contribution >= 0.6 is 11.8 Å². The van der Waals surface area contributed by atoms with Crippen LogP contribution < -0.4 is 0 Å². The molecule has 3 heterocycles. The van der Waals surface area contributed by atoms with Crippen molar-refractivity contribution in [2.75, 3.05) is 5.75 Å². The Morgan fingerprint density at radius 1 is 1.00 bits per heavy atom. The molecule has 0 unspecified atom stereocenters. The van der Waals surface area contributed by atoms with Gasteiger partial charge in [-0.15, -0.1) is 0 Å². The molecule has 4 aromatic rings. The molecule has 0 saturated heterocycles. The van der Waals surface area contributed by atoms with Gasteiger partial charge in [0.1, 0.15) is 5.82 Å². The van der Waals surface area contributed by atoms with Crippen LogP contribution in [-0.2, 0) is 6.54 Å². The van der Waals surface area contributed by atoms with Crippen LogP contribution in [0.4, 0.5) is 0 Å². The molecule has 3 aromatic heterocycles. The molecular weight excluding hydrogens is 380 g/mol. The Labute approximate surface area is 174 Å². The first-order valence-electron chi connectivity index (χ1n) is 9.45. The normalized spacial score (nSPS) is 11.0. The zero-order valence-electron chi connectivity index (χ0n) is 16.4. The van der Waals surface area contributed by atoms with E-state index in [9.17, 15) is 4.79 Å². The van der Waals surface area contributed by atoms with E-state index in [4.69, 9.17) is 0 Å². The number of rotatable bonds is 7. The Kier molecular flexibility index (Phi) is 5.62. The molecule has 0 fully saturated rings. The summed E-state index contributed by atoms with van der Waals surface area (Å²) in [7, 11) is 0. The molecule has 4 rings (SSSR count). The van der Waals surface area contributed by atoms with Crippen LogP contribution in [-0.4, -0.2) is 30.6 Å². The molecule has 6 heteroatoms. The van der Waals surface area contributed by atoms with Crippen LogP contribution in [0.1, 0.15) is 27.3 Å². The average molecular weight is 403 g/mol. The molecule has 5 nitrogen and oxygen atoms in total. The van der Waals surface area contributed by atoms with Gasteiger partial charge in [-0.2, -0.15) is 0 Å². The van der Waals surface area contributed by atoms with Crippen molar-refractivity contribution >= 4 is 17.5 Å². The predicted octanol–water partition coefficient (Wildman–Crippen LogP) is 4.71. The molecule has 0 aliphatic rings. The average Bonchev–Trinajstić information content (AvgIpc) is 3.31. The van der Waals surface area contributed by atoms with Gasteiger partial charge in [0.25, 0.3) is 0 Å². The maximum atomic E-state index is 12.9. The van der Waals surface area contributed by atoms with E-state index in [0.717, 1.165) is 34.5 Å². The number of imidazole rings is 1. The Morgan fingerprint density at radius 3 is 2.55 bits per heavy atom. The zero-order chi connectivity index (χ0) is 20.2. The number of nitrogens with zero attached hydrogens (tertiary/aromatic N) is 4. The van der Waals surface area contributed by atoms with Gasteiger partial charge in [0, 0.05) is 42.1 Å². The third-order valence-corrected chi connectivity index (χ3v) is 5.82. The lowest BCUT2D eigenvalue weighted by atomic mass is 10.2. The molecule has 0 atom stereocenters. The minimum Gasteiger partial charge on any atom is -0.322 e. The van der Waals surface area contributed by atoms with Crippen molar-refractivity contribution in [1.29, 1.82) is 0 Å². The Bertz CT molecular complexity index is 1120. The number of thioether (sulfide) groups is 1. The number of aromatic nitrogens is 4. The number of benzene rings is 1. The zero-order valence-corrected chi connectivity index (χ0v) is 17.3. The Morgan fingerprint density at radius 2 is 1.79 bits per heavy atom. The first kappa shape index (κ1) is 19.2. The molecule has 1 aromatic carbocycles. The maximum Gasteiger partial charge on any atom is 0.175 e. The topological polar surface area (TPSA) is 52.7 Å². The number of ketones is 1. The highest BCUT2D eigenvalue weighted by Gasteiger charge is 2.18. The first-order valence-corrected chi connectivity index (χ1v) is 10.4. The summed E-state index contributed by atoms with van der Waals surface area (Å²) in [6.45, 7) is 4.71. The van der Waals surface area contributed by atoms with Crippen LogP contribution in [0.5, 0.6) is 0 Å². The van der Waals surface area contributed by atoms with Gasteiger partial charge < -0.3 is 9.13 Å². The summed E-state index contributed by atoms with van der Waals surface area (Å²) in [6.07, 6.45) is 5.49. The molecular formula is C23H22N4OS. The molecule has 0 bridgehead atoms. The number of pyridine rings is 1. The number of carbonyl (C=O) groups excluding carboxylic acids is 1. The van der Waals surface area contributed by atoms with Crippen molar-refractivity contribution in [3.63, 3.8) is 0 Å². The molecule has 0 aliphatic carbocycles. The Balaban J connectivity index is 1.48. The lowest BCUT2D eigenvalue weighted by Crippen LogP contribution is -2.07. The fourth-order valence-corrected chi connectivity index (χ4v) is 4.27. The molecule has 0 N–H and O–H groups in total. The summed E-state index contributed by atoms with van der Waals surface area (Å²) in [6, 6.07) is 18.0. The van der Waals surface area contributed by atoms with E-state index >= 15 is 0 Å². The minimum atomic E-state index is 0.0968. The molecule has 146 valence electrons. The van der Waals surface area contributed by atoms with Crippen LogP contribution in [0.3, 0.4) is 0 Å². The third-order valence-electron chi connectivity index (χ3n) is 4.82. The fraction of sp³-hybridized carbons (Fsp3) is 0.174. The van der Waals surface area contributed by atoms with Gasteiger partial charge in [-0.25, -0.2) is 9.97 Å². The van der Waals surface area contributed by atoms with Crippen molar-refractivity contribution in [2.24, 2.45) is 0 Å². The second-order valence-corrected chi connectivity index (χ2v) is 7.79. The van der Waals surface area contributed by atoms with Crippen LogP contribution in [0.15, 0.2) is 78.3 Å². The predicted molar refractivity (Wildman–Crippen MR) is 116 cm³/mol. The first-order chi connectivity index (χ1) is 14.1. The van der Waals surface area contributed by atoms with Gasteiger partial charge >= 0.3 is 0 Å². The highest BCUT2D eigenvalue weighted by Crippen LogP contribution is 2.23. The smallest absolute Gasteiger partial charge is 0.175 e. The van der Waals surface area contributed by atoms with Crippen molar-refractivity contribution in [2.45, 2.75) is 25.5 Å². The molecule has 0 aliphatic heterocycles. The monoisotopic (exact) mass is 402 g/mol. The lowest BCUT2D eigenvalue weighted by Gasteiger charge is -2.09. The molecule has 0 amide bonds. The lowest BCUT2D eigenvalue weighted by molar-refractivity contribution is 0.102. The van der Waals surface area contributed by atoms with Crippen molar-refractivity contribution in [3.05, 3.63) is 95.7 Å². The highest BCUT2D eigenvalue weighted by atomic mass is 32.2. The van der Waals surface area contributed by atoms with Crippen LogP contribution in [0.25, 0.3) is 5.82 Å². The second kappa shape index (κ2) is 8.49. The van der Waals surface area contributed by atoms with Crippen LogP contribution in [0, 0.1) is 13.8 Å². The number of hydrogen-bond donors (Lipinski definition) is 0. The standard InChI is InChI=1S/C23H22N4OS/c1-17-14-20(18(2)27(17)22-10-6-7-11-24-22)21(28)16-29-23-25-12-13-26(23)15-19-8-4-3-5-9-19/h3-14H,15-16H2,1-2H3. The van der Waals surface area contributed by atoms with Crippen molar-refractivity contribution in [1.82, 2.24) is 19.1 Å². The number of carbonyl (C=O) groups is 1. The summed E-state index contributed by atoms with van der Waals surface area (Å²) in [4.78, 5) is 21.8. The van der Waals surface area contributed by atoms with Crippen molar-refractivity contribution < 1.29 is 4.79 Å². The number of Topliss-reactive ketones (excluding diaryl/α,β-unsaturated/α-hetero) is 1. The van der Waals surface area contributed by atoms with E-state index in [1.165, 1.54) is 17.3 Å². The highest BCUT2D eigenvalue weighted by molar-refractivity contribution is 7.99. The summed E-state index contributed by atoms with van der Waals surface area (Å²) >= 11 is 1.47. The molecule has 0 spiro atoms.